The van der Waals surface area contributed by atoms with E-state index in [1.165, 1.54) is 0 Å². The third-order valence-corrected chi connectivity index (χ3v) is 3.21. The van der Waals surface area contributed by atoms with Crippen LogP contribution >= 0.6 is 0 Å². The highest BCUT2D eigenvalue weighted by Crippen LogP contribution is 2.48. The Labute approximate surface area is 101 Å². The molecule has 1 aliphatic rings. The van der Waals surface area contributed by atoms with Crippen molar-refractivity contribution < 1.29 is 9.90 Å². The smallest absolute Gasteiger partial charge is 0.230 e. The van der Waals surface area contributed by atoms with E-state index in [1.807, 2.05) is 24.3 Å². The van der Waals surface area contributed by atoms with Gasteiger partial charge in [-0.3, -0.25) is 4.79 Å². The molecule has 1 saturated carbocycles. The van der Waals surface area contributed by atoms with Gasteiger partial charge in [-0.1, -0.05) is 12.1 Å². The van der Waals surface area contributed by atoms with Crippen LogP contribution in [-0.4, -0.2) is 23.7 Å². The molecule has 0 aromatic heterocycles. The molecule has 0 saturated heterocycles. The molecule has 0 heterocycles. The van der Waals surface area contributed by atoms with Crippen molar-refractivity contribution in [2.24, 2.45) is 0 Å². The summed E-state index contributed by atoms with van der Waals surface area (Å²) < 4.78 is 0. The van der Waals surface area contributed by atoms with Crippen LogP contribution < -0.4 is 11.1 Å². The molecule has 2 rings (SSSR count). The minimum Gasteiger partial charge on any atom is -0.399 e. The molecule has 0 spiro atoms. The molecule has 4 N–H and O–H groups in total. The molecule has 0 bridgehead atoms. The third-order valence-electron chi connectivity index (χ3n) is 3.21. The second kappa shape index (κ2) is 4.37. The van der Waals surface area contributed by atoms with Crippen LogP contribution in [0.2, 0.25) is 0 Å². The van der Waals surface area contributed by atoms with E-state index in [2.05, 4.69) is 5.32 Å². The first kappa shape index (κ1) is 11.9. The number of carbonyl (C=O) groups is 1. The van der Waals surface area contributed by atoms with Gasteiger partial charge in [-0.05, 0) is 37.5 Å². The number of amides is 1. The summed E-state index contributed by atoms with van der Waals surface area (Å²) >= 11 is 0. The van der Waals surface area contributed by atoms with Gasteiger partial charge < -0.3 is 16.2 Å². The first-order valence-corrected chi connectivity index (χ1v) is 5.87. The van der Waals surface area contributed by atoms with E-state index in [-0.39, 0.29) is 11.3 Å². The number of nitrogens with one attached hydrogen (secondary N) is 1. The fourth-order valence-corrected chi connectivity index (χ4v) is 1.98. The maximum absolute atomic E-state index is 12.1. The molecule has 1 atom stereocenters. The average Bonchev–Trinajstić information content (AvgIpc) is 3.08. The second-order valence-corrected chi connectivity index (χ2v) is 4.76. The Kier molecular flexibility index (Phi) is 3.07. The van der Waals surface area contributed by atoms with Gasteiger partial charge in [0.1, 0.15) is 0 Å². The number of aliphatic hydroxyl groups excluding tert-OH is 1. The number of nitrogens with two attached hydrogens (primary N) is 1. The Morgan fingerprint density at radius 2 is 2.06 bits per heavy atom. The SMILES string of the molecule is CC(O)CNC(=O)C1(c2ccc(N)cc2)CC1. The van der Waals surface area contributed by atoms with Gasteiger partial charge in [0.25, 0.3) is 0 Å². The highest BCUT2D eigenvalue weighted by atomic mass is 16.3. The molecule has 1 fully saturated rings. The average molecular weight is 234 g/mol. The zero-order valence-corrected chi connectivity index (χ0v) is 9.94. The summed E-state index contributed by atoms with van der Waals surface area (Å²) in [6.07, 6.45) is 1.21. The zero-order chi connectivity index (χ0) is 12.5. The fraction of sp³-hybridized carbons (Fsp3) is 0.462. The summed E-state index contributed by atoms with van der Waals surface area (Å²) in [5, 5.41) is 11.9. The van der Waals surface area contributed by atoms with E-state index in [4.69, 9.17) is 10.8 Å². The Morgan fingerprint density at radius 3 is 2.53 bits per heavy atom. The number of anilines is 1. The van der Waals surface area contributed by atoms with Crippen molar-refractivity contribution in [2.75, 3.05) is 12.3 Å². The lowest BCUT2D eigenvalue weighted by Gasteiger charge is -2.16. The number of hydrogen-bond donors (Lipinski definition) is 3. The fourth-order valence-electron chi connectivity index (χ4n) is 1.98. The van der Waals surface area contributed by atoms with Crippen LogP contribution in [0.15, 0.2) is 24.3 Å². The van der Waals surface area contributed by atoms with Crippen LogP contribution in [0.4, 0.5) is 5.69 Å². The Morgan fingerprint density at radius 1 is 1.47 bits per heavy atom. The van der Waals surface area contributed by atoms with Gasteiger partial charge in [0.2, 0.25) is 5.91 Å². The highest BCUT2D eigenvalue weighted by molar-refractivity contribution is 5.91. The Hall–Kier alpha value is -1.55. The first-order valence-electron chi connectivity index (χ1n) is 5.87. The summed E-state index contributed by atoms with van der Waals surface area (Å²) in [5.41, 5.74) is 6.96. The normalized spacial score (nSPS) is 18.5. The zero-order valence-electron chi connectivity index (χ0n) is 9.94. The molecule has 4 heteroatoms. The monoisotopic (exact) mass is 234 g/mol. The minimum atomic E-state index is -0.513. The predicted octanol–water partition coefficient (Wildman–Crippen LogP) is 0.797. The Balaban J connectivity index is 2.08. The van der Waals surface area contributed by atoms with Gasteiger partial charge in [-0.2, -0.15) is 0 Å². The van der Waals surface area contributed by atoms with Crippen molar-refractivity contribution in [3.63, 3.8) is 0 Å². The highest BCUT2D eigenvalue weighted by Gasteiger charge is 2.51. The molecular weight excluding hydrogens is 216 g/mol. The van der Waals surface area contributed by atoms with Crippen molar-refractivity contribution >= 4 is 11.6 Å². The minimum absolute atomic E-state index is 0.00294. The van der Waals surface area contributed by atoms with E-state index in [0.29, 0.717) is 12.2 Å². The van der Waals surface area contributed by atoms with Gasteiger partial charge in [-0.15, -0.1) is 0 Å². The molecule has 1 aromatic rings. The molecule has 0 aliphatic heterocycles. The molecule has 92 valence electrons. The largest absolute Gasteiger partial charge is 0.399 e. The standard InChI is InChI=1S/C13H18N2O2/c1-9(16)8-15-12(17)13(6-7-13)10-2-4-11(14)5-3-10/h2-5,9,16H,6-8,14H2,1H3,(H,15,17). The summed E-state index contributed by atoms with van der Waals surface area (Å²) in [6, 6.07) is 7.45. The topological polar surface area (TPSA) is 75.3 Å². The van der Waals surface area contributed by atoms with Crippen molar-refractivity contribution in [3.05, 3.63) is 29.8 Å². The Bertz CT molecular complexity index is 408. The number of aliphatic hydroxyl groups is 1. The number of hydrogen-bond acceptors (Lipinski definition) is 3. The van der Waals surface area contributed by atoms with Crippen LogP contribution in [0.5, 0.6) is 0 Å². The number of nitrogen functional groups attached to an aromatic ring is 1. The maximum Gasteiger partial charge on any atom is 0.230 e. The lowest BCUT2D eigenvalue weighted by Crippen LogP contribution is -2.38. The van der Waals surface area contributed by atoms with Gasteiger partial charge in [0, 0.05) is 12.2 Å². The summed E-state index contributed by atoms with van der Waals surface area (Å²) in [7, 11) is 0. The van der Waals surface area contributed by atoms with Crippen LogP contribution in [0.1, 0.15) is 25.3 Å². The van der Waals surface area contributed by atoms with Crippen molar-refractivity contribution in [3.8, 4) is 0 Å². The van der Waals surface area contributed by atoms with E-state index >= 15 is 0 Å². The summed E-state index contributed by atoms with van der Waals surface area (Å²) in [6.45, 7) is 1.96. The van der Waals surface area contributed by atoms with Crippen molar-refractivity contribution in [2.45, 2.75) is 31.3 Å². The molecule has 1 aromatic carbocycles. The second-order valence-electron chi connectivity index (χ2n) is 4.76. The van der Waals surface area contributed by atoms with E-state index in [0.717, 1.165) is 18.4 Å². The maximum atomic E-state index is 12.1. The molecule has 17 heavy (non-hydrogen) atoms. The number of rotatable bonds is 4. The van der Waals surface area contributed by atoms with E-state index in [9.17, 15) is 4.79 Å². The molecule has 1 unspecified atom stereocenters. The molecule has 1 amide bonds. The van der Waals surface area contributed by atoms with Crippen LogP contribution in [0.3, 0.4) is 0 Å². The molecular formula is C13H18N2O2. The van der Waals surface area contributed by atoms with Gasteiger partial charge in [-0.25, -0.2) is 0 Å². The van der Waals surface area contributed by atoms with Crippen molar-refractivity contribution in [1.29, 1.82) is 0 Å². The van der Waals surface area contributed by atoms with Gasteiger partial charge in [0.15, 0.2) is 0 Å². The summed E-state index contributed by atoms with van der Waals surface area (Å²) in [5.74, 6) is 0.00294. The van der Waals surface area contributed by atoms with Crippen LogP contribution in [0, 0.1) is 0 Å². The molecule has 0 radical (unpaired) electrons. The predicted molar refractivity (Wildman–Crippen MR) is 66.5 cm³/mol. The molecule has 1 aliphatic carbocycles. The lowest BCUT2D eigenvalue weighted by atomic mass is 9.94. The molecule has 4 nitrogen and oxygen atoms in total. The van der Waals surface area contributed by atoms with Gasteiger partial charge >= 0.3 is 0 Å². The van der Waals surface area contributed by atoms with Crippen molar-refractivity contribution in [1.82, 2.24) is 5.32 Å². The van der Waals surface area contributed by atoms with Crippen LogP contribution in [0.25, 0.3) is 0 Å². The number of benzene rings is 1. The summed E-state index contributed by atoms with van der Waals surface area (Å²) in [4.78, 5) is 12.1. The third kappa shape index (κ3) is 2.42. The van der Waals surface area contributed by atoms with Gasteiger partial charge in [0.05, 0.1) is 11.5 Å². The first-order chi connectivity index (χ1) is 8.04. The quantitative estimate of drug-likeness (QED) is 0.674. The van der Waals surface area contributed by atoms with E-state index < -0.39 is 6.10 Å². The van der Waals surface area contributed by atoms with Crippen LogP contribution in [-0.2, 0) is 10.2 Å². The lowest BCUT2D eigenvalue weighted by molar-refractivity contribution is -0.124. The van der Waals surface area contributed by atoms with E-state index in [1.54, 1.807) is 6.92 Å². The number of carbonyl (C=O) groups excluding carboxylic acids is 1.